The minimum atomic E-state index is 0.558. The first-order chi connectivity index (χ1) is 6.68. The summed E-state index contributed by atoms with van der Waals surface area (Å²) < 4.78 is 6.15. The van der Waals surface area contributed by atoms with Crippen LogP contribution in [0.25, 0.3) is 0 Å². The Morgan fingerprint density at radius 3 is 2.29 bits per heavy atom. The van der Waals surface area contributed by atoms with Crippen molar-refractivity contribution < 1.29 is 14.2 Å². The molecule has 0 heterocycles. The zero-order valence-electron chi connectivity index (χ0n) is 10.2. The summed E-state index contributed by atoms with van der Waals surface area (Å²) in [6.45, 7) is 9.54. The summed E-state index contributed by atoms with van der Waals surface area (Å²) in [4.78, 5) is 5.60. The van der Waals surface area contributed by atoms with Gasteiger partial charge in [0.1, 0.15) is 20.2 Å². The lowest BCUT2D eigenvalue weighted by molar-refractivity contribution is -1.10. The van der Waals surface area contributed by atoms with Crippen molar-refractivity contribution in [3.63, 3.8) is 0 Å². The smallest absolute Gasteiger partial charge is 0.212 e. The second kappa shape index (κ2) is 8.21. The van der Waals surface area contributed by atoms with E-state index in [1.165, 1.54) is 12.8 Å². The molecule has 0 saturated heterocycles. The van der Waals surface area contributed by atoms with E-state index in [1.54, 1.807) is 0 Å². The van der Waals surface area contributed by atoms with Crippen molar-refractivity contribution in [2.24, 2.45) is 0 Å². The fourth-order valence-corrected chi connectivity index (χ4v) is 1.24. The van der Waals surface area contributed by atoms with Gasteiger partial charge in [0.25, 0.3) is 0 Å². The number of rotatable bonds is 9. The number of nitrogens with zero attached hydrogens (tertiary/aromatic N) is 1. The number of quaternary nitrogens is 1. The highest BCUT2D eigenvalue weighted by Gasteiger charge is 2.20. The summed E-state index contributed by atoms with van der Waals surface area (Å²) in [5, 5.41) is 0. The van der Waals surface area contributed by atoms with E-state index in [4.69, 9.17) is 9.57 Å². The molecule has 0 rings (SSSR count). The lowest BCUT2D eigenvalue weighted by Gasteiger charge is -2.29. The van der Waals surface area contributed by atoms with Crippen LogP contribution in [0, 0.1) is 0 Å². The van der Waals surface area contributed by atoms with Crippen molar-refractivity contribution in [2.75, 3.05) is 33.5 Å². The van der Waals surface area contributed by atoms with E-state index >= 15 is 0 Å². The molecule has 0 aliphatic heterocycles. The molecule has 0 saturated carbocycles. The predicted molar refractivity (Wildman–Crippen MR) is 58.7 cm³/mol. The summed E-state index contributed by atoms with van der Waals surface area (Å²) in [6.07, 6.45) is 3.66. The van der Waals surface area contributed by atoms with Gasteiger partial charge in [-0.3, -0.25) is 0 Å². The Hall–Kier alpha value is -0.120. The van der Waals surface area contributed by atoms with Crippen LogP contribution in [0.15, 0.2) is 0 Å². The molecule has 0 aromatic carbocycles. The molecule has 0 amide bonds. The van der Waals surface area contributed by atoms with E-state index in [2.05, 4.69) is 20.9 Å². The van der Waals surface area contributed by atoms with Crippen LogP contribution in [0.5, 0.6) is 0 Å². The number of hydrogen-bond acceptors (Lipinski definition) is 2. The van der Waals surface area contributed by atoms with E-state index in [-0.39, 0.29) is 0 Å². The molecule has 3 heteroatoms. The molecule has 0 N–H and O–H groups in total. The number of hydrogen-bond donors (Lipinski definition) is 0. The molecule has 3 nitrogen and oxygen atoms in total. The fraction of sp³-hybridized carbons (Fsp3) is 1.00. The second-order valence-electron chi connectivity index (χ2n) is 3.78. The number of ether oxygens (including phenoxy) is 1. The zero-order valence-corrected chi connectivity index (χ0v) is 10.2. The molecule has 1 unspecified atom stereocenters. The normalized spacial score (nSPS) is 15.4. The Morgan fingerprint density at radius 2 is 1.79 bits per heavy atom. The van der Waals surface area contributed by atoms with E-state index in [0.717, 1.165) is 26.2 Å². The van der Waals surface area contributed by atoms with Gasteiger partial charge in [0, 0.05) is 0 Å². The average Bonchev–Trinajstić information content (AvgIpc) is 2.18. The summed E-state index contributed by atoms with van der Waals surface area (Å²) in [5.74, 6) is 0. The van der Waals surface area contributed by atoms with Crippen LogP contribution in [-0.4, -0.2) is 38.2 Å². The maximum absolute atomic E-state index is 5.60. The standard InChI is InChI=1S/C11H26NO2/c1-5-8-9-10-13-11-12(4,6-2)14-7-3/h5-11H2,1-4H3/q+1. The average molecular weight is 204 g/mol. The van der Waals surface area contributed by atoms with Gasteiger partial charge >= 0.3 is 0 Å². The first kappa shape index (κ1) is 13.9. The first-order valence-corrected chi connectivity index (χ1v) is 5.75. The van der Waals surface area contributed by atoms with Gasteiger partial charge in [0.2, 0.25) is 6.73 Å². The van der Waals surface area contributed by atoms with Gasteiger partial charge in [0.05, 0.1) is 6.61 Å². The third-order valence-electron chi connectivity index (χ3n) is 2.37. The van der Waals surface area contributed by atoms with Gasteiger partial charge in [-0.2, -0.15) is 4.65 Å². The van der Waals surface area contributed by atoms with Crippen LogP contribution >= 0.6 is 0 Å². The highest BCUT2D eigenvalue weighted by molar-refractivity contribution is 4.34. The third kappa shape index (κ3) is 6.35. The minimum Gasteiger partial charge on any atom is -0.329 e. The van der Waals surface area contributed by atoms with Crippen molar-refractivity contribution in [1.82, 2.24) is 0 Å². The monoisotopic (exact) mass is 204 g/mol. The van der Waals surface area contributed by atoms with Crippen molar-refractivity contribution in [3.05, 3.63) is 0 Å². The Labute approximate surface area is 88.5 Å². The van der Waals surface area contributed by atoms with E-state index < -0.39 is 0 Å². The summed E-state index contributed by atoms with van der Waals surface area (Å²) in [6, 6.07) is 0. The van der Waals surface area contributed by atoms with E-state index in [0.29, 0.717) is 11.4 Å². The molecule has 86 valence electrons. The molecule has 0 fully saturated rings. The zero-order chi connectivity index (χ0) is 10.9. The highest BCUT2D eigenvalue weighted by atomic mass is 16.7. The largest absolute Gasteiger partial charge is 0.329 e. The molecule has 14 heavy (non-hydrogen) atoms. The Balaban J connectivity index is 3.51. The van der Waals surface area contributed by atoms with Crippen molar-refractivity contribution in [3.8, 4) is 0 Å². The van der Waals surface area contributed by atoms with Gasteiger partial charge < -0.3 is 4.74 Å². The molecule has 1 atom stereocenters. The highest BCUT2D eigenvalue weighted by Crippen LogP contribution is 2.04. The van der Waals surface area contributed by atoms with E-state index in [9.17, 15) is 0 Å². The van der Waals surface area contributed by atoms with Gasteiger partial charge in [-0.15, -0.1) is 0 Å². The lowest BCUT2D eigenvalue weighted by Crippen LogP contribution is -2.45. The Morgan fingerprint density at radius 1 is 1.07 bits per heavy atom. The van der Waals surface area contributed by atoms with Gasteiger partial charge in [-0.25, -0.2) is 4.84 Å². The van der Waals surface area contributed by atoms with Crippen molar-refractivity contribution in [1.29, 1.82) is 0 Å². The van der Waals surface area contributed by atoms with Crippen LogP contribution in [0.3, 0.4) is 0 Å². The molecule has 0 aromatic rings. The Bertz CT molecular complexity index is 130. The molecule has 0 aromatic heterocycles. The second-order valence-corrected chi connectivity index (χ2v) is 3.78. The quantitative estimate of drug-likeness (QED) is 0.249. The van der Waals surface area contributed by atoms with Crippen LogP contribution in [-0.2, 0) is 9.57 Å². The van der Waals surface area contributed by atoms with Crippen molar-refractivity contribution in [2.45, 2.75) is 40.0 Å². The number of hydroxylamine groups is 3. The van der Waals surface area contributed by atoms with Crippen LogP contribution < -0.4 is 0 Å². The molecule has 0 bridgehead atoms. The molecular formula is C11H26NO2+. The number of unbranched alkanes of at least 4 members (excludes halogenated alkanes) is 2. The molecule has 0 aliphatic rings. The summed E-state index contributed by atoms with van der Waals surface area (Å²) in [5.41, 5.74) is 0. The van der Waals surface area contributed by atoms with Crippen LogP contribution in [0.4, 0.5) is 0 Å². The molecular weight excluding hydrogens is 178 g/mol. The topological polar surface area (TPSA) is 18.5 Å². The predicted octanol–water partition coefficient (Wildman–Crippen LogP) is 2.57. The maximum atomic E-state index is 5.60. The molecule has 0 spiro atoms. The molecule has 0 aliphatic carbocycles. The van der Waals surface area contributed by atoms with Gasteiger partial charge in [0.15, 0.2) is 0 Å². The third-order valence-corrected chi connectivity index (χ3v) is 2.37. The lowest BCUT2D eigenvalue weighted by atomic mass is 10.3. The fourth-order valence-electron chi connectivity index (χ4n) is 1.24. The maximum Gasteiger partial charge on any atom is 0.212 e. The SMILES string of the molecule is CCCCCOC[N+](C)(CC)OCC. The van der Waals surface area contributed by atoms with Crippen LogP contribution in [0.1, 0.15) is 40.0 Å². The molecule has 0 radical (unpaired) electrons. The van der Waals surface area contributed by atoms with Crippen LogP contribution in [0.2, 0.25) is 0 Å². The first-order valence-electron chi connectivity index (χ1n) is 5.75. The summed E-state index contributed by atoms with van der Waals surface area (Å²) in [7, 11) is 2.06. The van der Waals surface area contributed by atoms with Gasteiger partial charge in [-0.1, -0.05) is 19.8 Å². The summed E-state index contributed by atoms with van der Waals surface area (Å²) >= 11 is 0. The van der Waals surface area contributed by atoms with Gasteiger partial charge in [-0.05, 0) is 20.3 Å². The van der Waals surface area contributed by atoms with E-state index in [1.807, 2.05) is 6.92 Å². The minimum absolute atomic E-state index is 0.558. The van der Waals surface area contributed by atoms with Crippen molar-refractivity contribution >= 4 is 0 Å². The Kier molecular flexibility index (Phi) is 8.14.